The van der Waals surface area contributed by atoms with E-state index in [1.54, 1.807) is 28.4 Å². The second kappa shape index (κ2) is 12.9. The molecule has 4 rings (SSSR count). The number of hydrogen-bond donors (Lipinski definition) is 1. The molecule has 2 atom stereocenters. The maximum atomic E-state index is 14.8. The fraction of sp³-hybridized carbons (Fsp3) is 0.500. The van der Waals surface area contributed by atoms with Crippen LogP contribution in [-0.2, 0) is 14.3 Å². The van der Waals surface area contributed by atoms with Crippen LogP contribution in [0, 0.1) is 18.6 Å². The van der Waals surface area contributed by atoms with Crippen molar-refractivity contribution in [3.63, 3.8) is 0 Å². The summed E-state index contributed by atoms with van der Waals surface area (Å²) in [6, 6.07) is 0.0662. The van der Waals surface area contributed by atoms with Gasteiger partial charge < -0.3 is 19.6 Å². The Kier molecular flexibility index (Phi) is 9.65. The van der Waals surface area contributed by atoms with E-state index in [4.69, 9.17) is 9.73 Å². The summed E-state index contributed by atoms with van der Waals surface area (Å²) in [6.45, 7) is 7.70. The number of benzene rings is 1. The average molecular weight is 618 g/mol. The minimum Gasteiger partial charge on any atom is -0.480 e. The summed E-state index contributed by atoms with van der Waals surface area (Å²) in [5.41, 5.74) is 1.18. The Balaban J connectivity index is 1.75. The molecule has 10 nitrogen and oxygen atoms in total. The van der Waals surface area contributed by atoms with Crippen LogP contribution in [0.1, 0.15) is 55.8 Å². The first-order valence-corrected chi connectivity index (χ1v) is 14.8. The van der Waals surface area contributed by atoms with Crippen molar-refractivity contribution >= 4 is 35.0 Å². The molecule has 2 aromatic rings. The van der Waals surface area contributed by atoms with E-state index in [1.165, 1.54) is 36.3 Å². The number of ether oxygens (including phenoxy) is 1. The van der Waals surface area contributed by atoms with E-state index < -0.39 is 41.2 Å². The summed E-state index contributed by atoms with van der Waals surface area (Å²) < 4.78 is 34.1. The number of amides is 2. The lowest BCUT2D eigenvalue weighted by Crippen LogP contribution is -2.61. The van der Waals surface area contributed by atoms with Crippen molar-refractivity contribution in [1.29, 1.82) is 0 Å². The van der Waals surface area contributed by atoms with Crippen LogP contribution < -0.4 is 0 Å². The predicted octanol–water partition coefficient (Wildman–Crippen LogP) is 4.44. The quantitative estimate of drug-likeness (QED) is 0.477. The van der Waals surface area contributed by atoms with Gasteiger partial charge in [-0.3, -0.25) is 14.7 Å². The molecule has 0 radical (unpaired) electrons. The summed E-state index contributed by atoms with van der Waals surface area (Å²) in [7, 11) is 2.92. The number of carbonyl (C=O) groups excluding carboxylic acids is 2. The number of aliphatic carboxylic acids is 1. The van der Waals surface area contributed by atoms with Crippen LogP contribution in [0.5, 0.6) is 0 Å². The largest absolute Gasteiger partial charge is 0.480 e. The van der Waals surface area contributed by atoms with Crippen molar-refractivity contribution in [2.75, 3.05) is 40.3 Å². The van der Waals surface area contributed by atoms with Crippen LogP contribution >= 0.6 is 11.3 Å². The lowest BCUT2D eigenvalue weighted by molar-refractivity contribution is -0.145. The number of aliphatic imine (C=N–C) groups is 1. The molecule has 2 unspecified atom stereocenters. The smallest absolute Gasteiger partial charge is 0.336 e. The van der Waals surface area contributed by atoms with Gasteiger partial charge in [-0.25, -0.2) is 23.4 Å². The summed E-state index contributed by atoms with van der Waals surface area (Å²) in [6.07, 6.45) is 2.35. The Morgan fingerprint density at radius 3 is 2.51 bits per heavy atom. The molecule has 0 bridgehead atoms. The van der Waals surface area contributed by atoms with E-state index in [-0.39, 0.29) is 43.3 Å². The summed E-state index contributed by atoms with van der Waals surface area (Å²) in [4.78, 5) is 53.1. The monoisotopic (exact) mass is 617 g/mol. The highest BCUT2D eigenvalue weighted by atomic mass is 32.1. The highest BCUT2D eigenvalue weighted by Crippen LogP contribution is 2.38. The number of halogens is 2. The highest BCUT2D eigenvalue weighted by Gasteiger charge is 2.39. The fourth-order valence-electron chi connectivity index (χ4n) is 5.29. The van der Waals surface area contributed by atoms with Gasteiger partial charge in [-0.1, -0.05) is 6.07 Å². The molecule has 43 heavy (non-hydrogen) atoms. The first kappa shape index (κ1) is 32.2. The summed E-state index contributed by atoms with van der Waals surface area (Å²) in [5.74, 6) is -3.85. The standard InChI is InChI=1S/C30H37F2N5O5S/c1-17-19(8-9-20(31)24(17)32)25-23(28(40)42-6)18(7-10-21(34-25)26-33-11-14-43-26)15-36-12-13-37(16-22(36)27(38)39)29(41)35(5)30(2,3)4/h8-9,11,14,22,25H,7,10,12-13,15-16H2,1-6H3,(H,38,39). The Labute approximate surface area is 253 Å². The number of aromatic nitrogens is 1. The van der Waals surface area contributed by atoms with E-state index in [1.807, 2.05) is 20.8 Å². The average Bonchev–Trinajstić information content (AvgIpc) is 3.44. The van der Waals surface area contributed by atoms with E-state index in [0.29, 0.717) is 34.7 Å². The Morgan fingerprint density at radius 1 is 1.19 bits per heavy atom. The topological polar surface area (TPSA) is 116 Å². The SMILES string of the molecule is COC(=O)C1=C(CN2CCN(C(=O)N(C)C(C)(C)C)CC2C(=O)O)CCC(c2nccs2)=NC1c1ccc(F)c(F)c1C. The number of rotatable bonds is 6. The zero-order chi connectivity index (χ0) is 31.6. The number of methoxy groups -OCH3 is 1. The van der Waals surface area contributed by atoms with Gasteiger partial charge in [-0.2, -0.15) is 0 Å². The second-order valence-electron chi connectivity index (χ2n) is 11.7. The zero-order valence-corrected chi connectivity index (χ0v) is 26.0. The van der Waals surface area contributed by atoms with E-state index in [9.17, 15) is 28.3 Å². The van der Waals surface area contributed by atoms with Crippen LogP contribution in [0.3, 0.4) is 0 Å². The molecule has 1 aromatic carbocycles. The molecule has 13 heteroatoms. The predicted molar refractivity (Wildman–Crippen MR) is 158 cm³/mol. The third-order valence-corrected chi connectivity index (χ3v) is 8.92. The molecule has 2 aliphatic heterocycles. The maximum Gasteiger partial charge on any atom is 0.336 e. The Hall–Kier alpha value is -3.71. The maximum absolute atomic E-state index is 14.8. The highest BCUT2D eigenvalue weighted by molar-refractivity contribution is 7.11. The van der Waals surface area contributed by atoms with Crippen molar-refractivity contribution in [2.45, 2.75) is 58.2 Å². The number of carbonyl (C=O) groups is 3. The molecule has 232 valence electrons. The number of esters is 1. The number of piperazine rings is 1. The normalized spacial score (nSPS) is 20.0. The first-order valence-electron chi connectivity index (χ1n) is 13.9. The summed E-state index contributed by atoms with van der Waals surface area (Å²) >= 11 is 1.37. The van der Waals surface area contributed by atoms with E-state index in [2.05, 4.69) is 4.98 Å². The molecule has 2 aliphatic rings. The molecule has 1 aromatic heterocycles. The van der Waals surface area contributed by atoms with Gasteiger partial charge in [0, 0.05) is 50.3 Å². The van der Waals surface area contributed by atoms with Crippen molar-refractivity contribution in [1.82, 2.24) is 19.7 Å². The lowest BCUT2D eigenvalue weighted by Gasteiger charge is -2.43. The van der Waals surface area contributed by atoms with Gasteiger partial charge in [0.1, 0.15) is 17.1 Å². The van der Waals surface area contributed by atoms with Crippen LogP contribution in [0.2, 0.25) is 0 Å². The molecule has 0 aliphatic carbocycles. The van der Waals surface area contributed by atoms with Crippen molar-refractivity contribution in [2.24, 2.45) is 4.99 Å². The number of carboxylic acids is 1. The zero-order valence-electron chi connectivity index (χ0n) is 25.2. The molecule has 1 fully saturated rings. The molecular formula is C30H37F2N5O5S. The number of carboxylic acid groups (broad SMARTS) is 1. The van der Waals surface area contributed by atoms with Gasteiger partial charge in [0.05, 0.1) is 18.4 Å². The van der Waals surface area contributed by atoms with Crippen LogP contribution in [-0.4, -0.2) is 100 Å². The van der Waals surface area contributed by atoms with Crippen molar-refractivity contribution in [3.8, 4) is 0 Å². The fourth-order valence-corrected chi connectivity index (χ4v) is 5.95. The molecule has 0 saturated carbocycles. The number of hydrogen-bond acceptors (Lipinski definition) is 8. The molecule has 2 amide bonds. The Bertz CT molecular complexity index is 1450. The minimum atomic E-state index is -1.10. The molecule has 1 N–H and O–H groups in total. The van der Waals surface area contributed by atoms with Gasteiger partial charge in [0.2, 0.25) is 0 Å². The lowest BCUT2D eigenvalue weighted by atomic mass is 9.90. The van der Waals surface area contributed by atoms with Gasteiger partial charge in [-0.05, 0) is 63.3 Å². The number of urea groups is 1. The molecule has 3 heterocycles. The molecular weight excluding hydrogens is 580 g/mol. The number of thiazole rings is 1. The van der Waals surface area contributed by atoms with Gasteiger partial charge in [0.15, 0.2) is 11.6 Å². The summed E-state index contributed by atoms with van der Waals surface area (Å²) in [5, 5.41) is 12.6. The Morgan fingerprint density at radius 2 is 1.91 bits per heavy atom. The van der Waals surface area contributed by atoms with Crippen LogP contribution in [0.4, 0.5) is 13.6 Å². The first-order chi connectivity index (χ1) is 20.2. The van der Waals surface area contributed by atoms with Gasteiger partial charge in [-0.15, -0.1) is 11.3 Å². The minimum absolute atomic E-state index is 0.00778. The molecule has 1 saturated heterocycles. The van der Waals surface area contributed by atoms with Crippen LogP contribution in [0.25, 0.3) is 0 Å². The van der Waals surface area contributed by atoms with Gasteiger partial charge in [0.25, 0.3) is 0 Å². The molecule has 0 spiro atoms. The van der Waals surface area contributed by atoms with Gasteiger partial charge >= 0.3 is 18.0 Å². The van der Waals surface area contributed by atoms with E-state index >= 15 is 0 Å². The second-order valence-corrected chi connectivity index (χ2v) is 12.6. The van der Waals surface area contributed by atoms with Crippen LogP contribution in [0.15, 0.2) is 39.8 Å². The van der Waals surface area contributed by atoms with Crippen molar-refractivity contribution < 1.29 is 33.0 Å². The third kappa shape index (κ3) is 6.77. The third-order valence-electron chi connectivity index (χ3n) is 8.10. The van der Waals surface area contributed by atoms with E-state index in [0.717, 1.165) is 6.07 Å². The van der Waals surface area contributed by atoms with Crippen molar-refractivity contribution in [3.05, 3.63) is 62.6 Å². The number of nitrogens with zero attached hydrogens (tertiary/aromatic N) is 5.